The summed E-state index contributed by atoms with van der Waals surface area (Å²) >= 11 is 0. The van der Waals surface area contributed by atoms with Gasteiger partial charge in [0.1, 0.15) is 11.6 Å². The summed E-state index contributed by atoms with van der Waals surface area (Å²) < 4.78 is 13.8. The van der Waals surface area contributed by atoms with Crippen molar-refractivity contribution in [2.75, 3.05) is 18.0 Å². The maximum atomic E-state index is 13.8. The molecule has 1 aromatic carbocycles. The van der Waals surface area contributed by atoms with Crippen molar-refractivity contribution < 1.29 is 14.3 Å². The lowest BCUT2D eigenvalue weighted by molar-refractivity contribution is 0.111. The Hall–Kier alpha value is -1.84. The zero-order valence-electron chi connectivity index (χ0n) is 11.7. The minimum absolute atomic E-state index is 0.277. The summed E-state index contributed by atoms with van der Waals surface area (Å²) in [5, 5.41) is 9.71. The third-order valence-electron chi connectivity index (χ3n) is 4.20. The third kappa shape index (κ3) is 2.84. The van der Waals surface area contributed by atoms with Crippen molar-refractivity contribution in [3.63, 3.8) is 0 Å². The van der Waals surface area contributed by atoms with Crippen LogP contribution in [0, 0.1) is 17.7 Å². The number of hydrogen-bond acceptors (Lipinski definition) is 3. The Morgan fingerprint density at radius 1 is 1.40 bits per heavy atom. The first-order valence-electron chi connectivity index (χ1n) is 6.92. The molecule has 1 fully saturated rings. The molecule has 3 nitrogen and oxygen atoms in total. The molecule has 108 valence electrons. The van der Waals surface area contributed by atoms with Crippen LogP contribution in [0.1, 0.15) is 30.1 Å². The molecule has 4 heteroatoms. The van der Waals surface area contributed by atoms with Gasteiger partial charge in [-0.3, -0.25) is 4.79 Å². The molecule has 20 heavy (non-hydrogen) atoms. The molecule has 1 unspecified atom stereocenters. The fraction of sp³-hybridized carbons (Fsp3) is 0.438. The van der Waals surface area contributed by atoms with Gasteiger partial charge in [0.25, 0.3) is 0 Å². The monoisotopic (exact) mass is 277 g/mol. The molecule has 0 amide bonds. The highest BCUT2D eigenvalue weighted by atomic mass is 19.1. The number of phenols is 1. The number of aldehydes is 1. The van der Waals surface area contributed by atoms with E-state index in [2.05, 4.69) is 18.4 Å². The summed E-state index contributed by atoms with van der Waals surface area (Å²) in [4.78, 5) is 12.7. The van der Waals surface area contributed by atoms with Crippen LogP contribution < -0.4 is 4.90 Å². The van der Waals surface area contributed by atoms with Gasteiger partial charge >= 0.3 is 0 Å². The van der Waals surface area contributed by atoms with Gasteiger partial charge in [-0.2, -0.15) is 0 Å². The van der Waals surface area contributed by atoms with Gasteiger partial charge in [-0.05, 0) is 30.7 Å². The summed E-state index contributed by atoms with van der Waals surface area (Å²) in [5.74, 6) is 0.0398. The van der Waals surface area contributed by atoms with E-state index in [4.69, 9.17) is 0 Å². The summed E-state index contributed by atoms with van der Waals surface area (Å²) in [7, 11) is 0. The fourth-order valence-electron chi connectivity index (χ4n) is 2.77. The highest BCUT2D eigenvalue weighted by Crippen LogP contribution is 2.31. The number of phenolic OH excluding ortho intramolecular Hbond substituents is 1. The van der Waals surface area contributed by atoms with E-state index >= 15 is 0 Å². The second-order valence-corrected chi connectivity index (χ2v) is 5.42. The standard InChI is InChI=1S/C16H20FNO2/c1-3-12-5-7-18(6-4-11(12)2)13-8-15(17)14(10-19)16(20)9-13/h3,8-12,20H,1,4-7H2,2H3/t11-,12?/m0/s1. The Bertz CT molecular complexity index is 492. The van der Waals surface area contributed by atoms with Gasteiger partial charge in [0.2, 0.25) is 0 Å². The van der Waals surface area contributed by atoms with E-state index in [1.54, 1.807) is 0 Å². The SMILES string of the molecule is C=CC1CCN(c2cc(O)c(C=O)c(F)c2)CC[C@@H]1C. The average Bonchev–Trinajstić information content (AvgIpc) is 2.60. The number of benzene rings is 1. The lowest BCUT2D eigenvalue weighted by Crippen LogP contribution is -2.24. The van der Waals surface area contributed by atoms with Crippen LogP contribution in [0.15, 0.2) is 24.8 Å². The summed E-state index contributed by atoms with van der Waals surface area (Å²) in [6, 6.07) is 2.79. The average molecular weight is 277 g/mol. The van der Waals surface area contributed by atoms with E-state index < -0.39 is 5.82 Å². The first-order valence-corrected chi connectivity index (χ1v) is 6.92. The van der Waals surface area contributed by atoms with Crippen LogP contribution in [-0.2, 0) is 0 Å². The Labute approximate surface area is 118 Å². The summed E-state index contributed by atoms with van der Waals surface area (Å²) in [5.41, 5.74) is 0.350. The molecular formula is C16H20FNO2. The highest BCUT2D eigenvalue weighted by Gasteiger charge is 2.22. The van der Waals surface area contributed by atoms with Crippen molar-refractivity contribution in [1.82, 2.24) is 0 Å². The number of carbonyl (C=O) groups excluding carboxylic acids is 1. The minimum atomic E-state index is -0.674. The largest absolute Gasteiger partial charge is 0.507 e. The molecule has 1 N–H and O–H groups in total. The number of allylic oxidation sites excluding steroid dienone is 1. The Morgan fingerprint density at radius 3 is 2.70 bits per heavy atom. The molecule has 1 saturated heterocycles. The van der Waals surface area contributed by atoms with E-state index in [0.29, 0.717) is 23.8 Å². The number of rotatable bonds is 3. The van der Waals surface area contributed by atoms with Crippen LogP contribution in [0.5, 0.6) is 5.75 Å². The van der Waals surface area contributed by atoms with Crippen LogP contribution in [0.3, 0.4) is 0 Å². The van der Waals surface area contributed by atoms with Crippen molar-refractivity contribution in [3.8, 4) is 5.75 Å². The number of hydrogen-bond donors (Lipinski definition) is 1. The topological polar surface area (TPSA) is 40.5 Å². The van der Waals surface area contributed by atoms with Crippen molar-refractivity contribution in [1.29, 1.82) is 0 Å². The Morgan fingerprint density at radius 2 is 2.10 bits per heavy atom. The molecule has 1 aliphatic heterocycles. The molecule has 1 aromatic rings. The molecule has 1 aliphatic rings. The molecule has 0 saturated carbocycles. The first kappa shape index (κ1) is 14.6. The summed E-state index contributed by atoms with van der Waals surface area (Å²) in [6.07, 6.45) is 4.28. The van der Waals surface area contributed by atoms with Crippen LogP contribution in [0.4, 0.5) is 10.1 Å². The maximum absolute atomic E-state index is 13.8. The van der Waals surface area contributed by atoms with Gasteiger partial charge in [0.05, 0.1) is 5.56 Å². The predicted molar refractivity (Wildman–Crippen MR) is 77.8 cm³/mol. The Kier molecular flexibility index (Phi) is 4.42. The zero-order chi connectivity index (χ0) is 14.7. The van der Waals surface area contributed by atoms with Crippen LogP contribution in [0.25, 0.3) is 0 Å². The minimum Gasteiger partial charge on any atom is -0.507 e. The fourth-order valence-corrected chi connectivity index (χ4v) is 2.77. The molecule has 0 aliphatic carbocycles. The molecule has 2 rings (SSSR count). The molecule has 2 atom stereocenters. The molecule has 0 bridgehead atoms. The number of carbonyl (C=O) groups is 1. The zero-order valence-corrected chi connectivity index (χ0v) is 11.7. The van der Waals surface area contributed by atoms with Crippen LogP contribution in [-0.4, -0.2) is 24.5 Å². The van der Waals surface area contributed by atoms with E-state index in [0.717, 1.165) is 25.9 Å². The van der Waals surface area contributed by atoms with Crippen LogP contribution in [0.2, 0.25) is 0 Å². The summed E-state index contributed by atoms with van der Waals surface area (Å²) in [6.45, 7) is 7.67. The van der Waals surface area contributed by atoms with Gasteiger partial charge in [0.15, 0.2) is 6.29 Å². The molecule has 0 radical (unpaired) electrons. The van der Waals surface area contributed by atoms with Gasteiger partial charge in [-0.1, -0.05) is 13.0 Å². The van der Waals surface area contributed by atoms with Crippen molar-refractivity contribution in [2.24, 2.45) is 11.8 Å². The van der Waals surface area contributed by atoms with Crippen molar-refractivity contribution >= 4 is 12.0 Å². The predicted octanol–water partition coefficient (Wildman–Crippen LogP) is 3.38. The number of aromatic hydroxyl groups is 1. The highest BCUT2D eigenvalue weighted by molar-refractivity contribution is 5.81. The lowest BCUT2D eigenvalue weighted by Gasteiger charge is -2.23. The second kappa shape index (κ2) is 6.07. The van der Waals surface area contributed by atoms with E-state index in [1.165, 1.54) is 12.1 Å². The smallest absolute Gasteiger partial charge is 0.156 e. The van der Waals surface area contributed by atoms with Crippen molar-refractivity contribution in [3.05, 3.63) is 36.2 Å². The Balaban J connectivity index is 2.24. The number of halogens is 1. The number of anilines is 1. The van der Waals surface area contributed by atoms with Gasteiger partial charge in [-0.25, -0.2) is 4.39 Å². The van der Waals surface area contributed by atoms with Gasteiger partial charge in [0, 0.05) is 24.8 Å². The lowest BCUT2D eigenvalue weighted by atomic mass is 9.90. The maximum Gasteiger partial charge on any atom is 0.156 e. The number of nitrogens with zero attached hydrogens (tertiary/aromatic N) is 1. The van der Waals surface area contributed by atoms with Crippen LogP contribution >= 0.6 is 0 Å². The third-order valence-corrected chi connectivity index (χ3v) is 4.20. The van der Waals surface area contributed by atoms with E-state index in [-0.39, 0.29) is 11.3 Å². The molecule has 1 heterocycles. The normalized spacial score (nSPS) is 23.2. The second-order valence-electron chi connectivity index (χ2n) is 5.42. The first-order chi connectivity index (χ1) is 9.56. The van der Waals surface area contributed by atoms with Crippen molar-refractivity contribution in [2.45, 2.75) is 19.8 Å². The van der Waals surface area contributed by atoms with E-state index in [9.17, 15) is 14.3 Å². The molecular weight excluding hydrogens is 257 g/mol. The van der Waals surface area contributed by atoms with E-state index in [1.807, 2.05) is 6.08 Å². The molecule has 0 aromatic heterocycles. The molecule has 0 spiro atoms. The quantitative estimate of drug-likeness (QED) is 0.680. The van der Waals surface area contributed by atoms with Gasteiger partial charge in [-0.15, -0.1) is 6.58 Å². The van der Waals surface area contributed by atoms with Gasteiger partial charge < -0.3 is 10.0 Å².